The van der Waals surface area contributed by atoms with Crippen molar-refractivity contribution in [3.05, 3.63) is 42.0 Å². The molecule has 0 aromatic heterocycles. The van der Waals surface area contributed by atoms with Gasteiger partial charge in [-0.25, -0.2) is 0 Å². The minimum absolute atomic E-state index is 0. The van der Waals surface area contributed by atoms with Crippen LogP contribution in [-0.4, -0.2) is 59.1 Å². The molecule has 28 heavy (non-hydrogen) atoms. The molecule has 0 saturated heterocycles. The summed E-state index contributed by atoms with van der Waals surface area (Å²) in [6, 6.07) is 8.68. The third kappa shape index (κ3) is 9.75. The Kier molecular flexibility index (Phi) is 13.8. The molecule has 1 aromatic carbocycles. The van der Waals surface area contributed by atoms with Gasteiger partial charge in [0.05, 0.1) is 19.8 Å². The quantitative estimate of drug-likeness (QED) is 0.151. The minimum Gasteiger partial charge on any atom is -0.379 e. The van der Waals surface area contributed by atoms with Crippen LogP contribution in [0, 0.1) is 0 Å². The van der Waals surface area contributed by atoms with Gasteiger partial charge in [0.15, 0.2) is 5.96 Å². The molecule has 0 aliphatic carbocycles. The molecule has 158 valence electrons. The third-order valence-corrected chi connectivity index (χ3v) is 4.36. The van der Waals surface area contributed by atoms with Gasteiger partial charge >= 0.3 is 0 Å². The first kappa shape index (κ1) is 24.7. The Morgan fingerprint density at radius 3 is 2.32 bits per heavy atom. The van der Waals surface area contributed by atoms with Gasteiger partial charge in [-0.15, -0.1) is 24.0 Å². The summed E-state index contributed by atoms with van der Waals surface area (Å²) in [5, 5.41) is 6.60. The summed E-state index contributed by atoms with van der Waals surface area (Å²) in [5.41, 5.74) is 2.50. The van der Waals surface area contributed by atoms with E-state index in [4.69, 9.17) is 9.47 Å². The van der Waals surface area contributed by atoms with Crippen molar-refractivity contribution in [2.75, 3.05) is 58.0 Å². The number of unbranched alkanes of at least 4 members (excludes halogenated alkanes) is 1. The van der Waals surface area contributed by atoms with E-state index in [1.54, 1.807) is 7.05 Å². The van der Waals surface area contributed by atoms with E-state index in [1.807, 2.05) is 0 Å². The first-order chi connectivity index (χ1) is 13.3. The number of hydrogen-bond acceptors (Lipinski definition) is 4. The zero-order chi connectivity index (χ0) is 19.2. The van der Waals surface area contributed by atoms with E-state index in [2.05, 4.69) is 63.9 Å². The van der Waals surface area contributed by atoms with Crippen LogP contribution in [0.15, 0.2) is 41.4 Å². The summed E-state index contributed by atoms with van der Waals surface area (Å²) >= 11 is 0. The summed E-state index contributed by atoms with van der Waals surface area (Å²) < 4.78 is 11.0. The van der Waals surface area contributed by atoms with E-state index in [0.717, 1.165) is 51.6 Å². The van der Waals surface area contributed by atoms with Crippen LogP contribution >= 0.6 is 24.0 Å². The molecular formula is C21H35IN4O2. The number of aliphatic imine (C=N–C) groups is 1. The lowest BCUT2D eigenvalue weighted by Crippen LogP contribution is -2.38. The first-order valence-corrected chi connectivity index (χ1v) is 9.92. The van der Waals surface area contributed by atoms with Gasteiger partial charge in [0.1, 0.15) is 0 Å². The zero-order valence-electron chi connectivity index (χ0n) is 17.2. The van der Waals surface area contributed by atoms with Crippen LogP contribution in [0.1, 0.15) is 25.3 Å². The van der Waals surface area contributed by atoms with Crippen molar-refractivity contribution in [2.24, 2.45) is 4.99 Å². The highest BCUT2D eigenvalue weighted by Gasteiger charge is 2.07. The largest absolute Gasteiger partial charge is 0.379 e. The van der Waals surface area contributed by atoms with Crippen LogP contribution < -0.4 is 15.5 Å². The second-order valence-corrected chi connectivity index (χ2v) is 6.47. The molecule has 2 rings (SSSR count). The molecular weight excluding hydrogens is 467 g/mol. The molecule has 0 saturated carbocycles. The smallest absolute Gasteiger partial charge is 0.191 e. The lowest BCUT2D eigenvalue weighted by Gasteiger charge is -2.18. The predicted octanol–water partition coefficient (Wildman–Crippen LogP) is 3.18. The van der Waals surface area contributed by atoms with Crippen molar-refractivity contribution >= 4 is 35.6 Å². The van der Waals surface area contributed by atoms with E-state index < -0.39 is 0 Å². The number of nitrogens with zero attached hydrogens (tertiary/aromatic N) is 2. The van der Waals surface area contributed by atoms with E-state index >= 15 is 0 Å². The maximum Gasteiger partial charge on any atom is 0.191 e. The lowest BCUT2D eigenvalue weighted by molar-refractivity contribution is 0.0487. The number of benzene rings is 1. The first-order valence-electron chi connectivity index (χ1n) is 9.92. The minimum atomic E-state index is 0. The molecule has 0 spiro atoms. The molecule has 2 N–H and O–H groups in total. The summed E-state index contributed by atoms with van der Waals surface area (Å²) in [7, 11) is 1.78. The van der Waals surface area contributed by atoms with Gasteiger partial charge in [-0.3, -0.25) is 4.99 Å². The number of anilines is 1. The third-order valence-electron chi connectivity index (χ3n) is 4.36. The highest BCUT2D eigenvalue weighted by molar-refractivity contribution is 14.0. The van der Waals surface area contributed by atoms with Gasteiger partial charge in [0, 0.05) is 45.5 Å². The van der Waals surface area contributed by atoms with Crippen molar-refractivity contribution in [3.8, 4) is 0 Å². The van der Waals surface area contributed by atoms with Crippen LogP contribution in [0.4, 0.5) is 5.69 Å². The fourth-order valence-corrected chi connectivity index (χ4v) is 2.73. The molecule has 0 amide bonds. The highest BCUT2D eigenvalue weighted by Crippen LogP contribution is 2.17. The maximum atomic E-state index is 5.55. The highest BCUT2D eigenvalue weighted by atomic mass is 127. The molecule has 1 aromatic rings. The standard InChI is InChI=1S/C21H34N4O2.HI/c1-3-4-14-26-16-17-27-15-11-23-21(22-2)24-18-19-7-9-20(10-8-19)25-12-5-6-13-25;/h5-10H,3-4,11-18H2,1-2H3,(H2,22,23,24);1H. The maximum absolute atomic E-state index is 5.55. The molecule has 0 unspecified atom stereocenters. The molecule has 1 heterocycles. The molecule has 1 aliphatic rings. The Balaban J connectivity index is 0.00000392. The van der Waals surface area contributed by atoms with Crippen molar-refractivity contribution in [1.29, 1.82) is 0 Å². The molecule has 0 radical (unpaired) electrons. The van der Waals surface area contributed by atoms with Crippen LogP contribution in [-0.2, 0) is 16.0 Å². The predicted molar refractivity (Wildman–Crippen MR) is 128 cm³/mol. The van der Waals surface area contributed by atoms with Crippen LogP contribution in [0.3, 0.4) is 0 Å². The van der Waals surface area contributed by atoms with Gasteiger partial charge in [-0.1, -0.05) is 37.6 Å². The molecule has 0 bridgehead atoms. The summed E-state index contributed by atoms with van der Waals surface area (Å²) in [5.74, 6) is 0.783. The number of hydrogen-bond donors (Lipinski definition) is 2. The summed E-state index contributed by atoms with van der Waals surface area (Å²) in [6.07, 6.45) is 6.68. The Morgan fingerprint density at radius 2 is 1.68 bits per heavy atom. The Bertz CT molecular complexity index is 570. The number of rotatable bonds is 12. The van der Waals surface area contributed by atoms with Crippen molar-refractivity contribution in [1.82, 2.24) is 10.6 Å². The van der Waals surface area contributed by atoms with Crippen molar-refractivity contribution < 1.29 is 9.47 Å². The average molecular weight is 502 g/mol. The molecule has 6 nitrogen and oxygen atoms in total. The topological polar surface area (TPSA) is 58.1 Å². The van der Waals surface area contributed by atoms with E-state index in [1.165, 1.54) is 11.3 Å². The van der Waals surface area contributed by atoms with Gasteiger partial charge in [-0.2, -0.15) is 0 Å². The SMILES string of the molecule is CCCCOCCOCCNC(=NC)NCc1ccc(N2CC=CC2)cc1.I. The monoisotopic (exact) mass is 502 g/mol. The Labute approximate surface area is 186 Å². The molecule has 0 atom stereocenters. The second kappa shape index (κ2) is 15.6. The van der Waals surface area contributed by atoms with Gasteiger partial charge in [0.2, 0.25) is 0 Å². The number of guanidine groups is 1. The number of nitrogens with one attached hydrogen (secondary N) is 2. The van der Waals surface area contributed by atoms with Crippen LogP contribution in [0.25, 0.3) is 0 Å². The molecule has 1 aliphatic heterocycles. The molecule has 7 heteroatoms. The van der Waals surface area contributed by atoms with Crippen molar-refractivity contribution in [3.63, 3.8) is 0 Å². The number of ether oxygens (including phenoxy) is 2. The van der Waals surface area contributed by atoms with Crippen LogP contribution in [0.5, 0.6) is 0 Å². The van der Waals surface area contributed by atoms with Gasteiger partial charge < -0.3 is 25.0 Å². The Hall–Kier alpha value is -1.32. The number of halogens is 1. The normalized spacial score (nSPS) is 13.5. The van der Waals surface area contributed by atoms with Gasteiger partial charge in [-0.05, 0) is 24.1 Å². The summed E-state index contributed by atoms with van der Waals surface area (Å²) in [6.45, 7) is 8.38. The van der Waals surface area contributed by atoms with E-state index in [-0.39, 0.29) is 24.0 Å². The molecule has 0 fully saturated rings. The lowest BCUT2D eigenvalue weighted by atomic mass is 10.2. The zero-order valence-corrected chi connectivity index (χ0v) is 19.5. The van der Waals surface area contributed by atoms with E-state index in [0.29, 0.717) is 19.8 Å². The Morgan fingerprint density at radius 1 is 1.00 bits per heavy atom. The fraction of sp³-hybridized carbons (Fsp3) is 0.571. The summed E-state index contributed by atoms with van der Waals surface area (Å²) in [4.78, 5) is 6.59. The van der Waals surface area contributed by atoms with Crippen molar-refractivity contribution in [2.45, 2.75) is 26.3 Å². The average Bonchev–Trinajstić information content (AvgIpc) is 3.24. The van der Waals surface area contributed by atoms with Gasteiger partial charge in [0.25, 0.3) is 0 Å². The fourth-order valence-electron chi connectivity index (χ4n) is 2.73. The second-order valence-electron chi connectivity index (χ2n) is 6.47. The van der Waals surface area contributed by atoms with E-state index in [9.17, 15) is 0 Å². The van der Waals surface area contributed by atoms with Crippen LogP contribution in [0.2, 0.25) is 0 Å².